The minimum Gasteiger partial charge on any atom is -0.349 e. The minimum absolute atomic E-state index is 0.205. The summed E-state index contributed by atoms with van der Waals surface area (Å²) in [6, 6.07) is 6.23. The summed E-state index contributed by atoms with van der Waals surface area (Å²) < 4.78 is 15.3. The summed E-state index contributed by atoms with van der Waals surface area (Å²) >= 11 is 5.94. The largest absolute Gasteiger partial charge is 0.349 e. The predicted molar refractivity (Wildman–Crippen MR) is 121 cm³/mol. The van der Waals surface area contributed by atoms with Gasteiger partial charge in [0.15, 0.2) is 5.65 Å². The molecule has 9 nitrogen and oxygen atoms in total. The van der Waals surface area contributed by atoms with Crippen LogP contribution in [0, 0.1) is 5.82 Å². The van der Waals surface area contributed by atoms with Crippen LogP contribution >= 0.6 is 11.6 Å². The summed E-state index contributed by atoms with van der Waals surface area (Å²) in [6.45, 7) is 0.645. The Morgan fingerprint density at radius 3 is 3.09 bits per heavy atom. The lowest BCUT2D eigenvalue weighted by molar-refractivity contribution is 0.102. The summed E-state index contributed by atoms with van der Waals surface area (Å²) in [7, 11) is 0. The number of nitrogens with zero attached hydrogens (tertiary/aromatic N) is 5. The summed E-state index contributed by atoms with van der Waals surface area (Å²) in [5.74, 6) is 0.232. The first-order chi connectivity index (χ1) is 16.0. The van der Waals surface area contributed by atoms with Gasteiger partial charge in [-0.05, 0) is 31.0 Å². The summed E-state index contributed by atoms with van der Waals surface area (Å²) in [4.78, 5) is 38.5. The lowest BCUT2D eigenvalue weighted by Crippen LogP contribution is -2.28. The molecule has 1 atom stereocenters. The smallest absolute Gasteiger partial charge is 0.262 e. The highest BCUT2D eigenvalue weighted by Crippen LogP contribution is 2.34. The standard InChI is InChI=1S/C22H19ClFN7O2/c23-10-13-3-1-6-25-19(13)29-22(33)16-12-27-31-8-5-18(28-20(16)31)30-7-2-4-17(30)15-9-14(24)11-26-21(15)32/h1,3,5-6,8-9,11-12,17H,2,4,7,10H2,(H,26,32)(H,25,29,33)/t17-/m1/s1. The molecule has 0 radical (unpaired) electrons. The predicted octanol–water partition coefficient (Wildman–Crippen LogP) is 3.28. The molecule has 1 amide bonds. The topological polar surface area (TPSA) is 108 Å². The highest BCUT2D eigenvalue weighted by atomic mass is 35.5. The first kappa shape index (κ1) is 21.1. The Labute approximate surface area is 192 Å². The lowest BCUT2D eigenvalue weighted by Gasteiger charge is -2.25. The fraction of sp³-hybridized carbons (Fsp3) is 0.227. The number of carbonyl (C=O) groups excluding carboxylic acids is 1. The van der Waals surface area contributed by atoms with E-state index in [1.54, 1.807) is 30.6 Å². The van der Waals surface area contributed by atoms with Gasteiger partial charge in [0.05, 0.1) is 18.1 Å². The fourth-order valence-corrected chi connectivity index (χ4v) is 4.31. The quantitative estimate of drug-likeness (QED) is 0.436. The van der Waals surface area contributed by atoms with Gasteiger partial charge in [0.25, 0.3) is 11.5 Å². The molecule has 1 saturated heterocycles. The molecule has 1 fully saturated rings. The second kappa shape index (κ2) is 8.62. The SMILES string of the molecule is O=C(Nc1ncccc1CCl)c1cnn2ccc(N3CCC[C@@H]3c3cc(F)c[nH]c3=O)nc12. The first-order valence-corrected chi connectivity index (χ1v) is 10.9. The maximum atomic E-state index is 13.8. The molecular formula is C22H19ClFN7O2. The number of pyridine rings is 2. The van der Waals surface area contributed by atoms with Crippen molar-refractivity contribution in [2.24, 2.45) is 0 Å². The number of amides is 1. The zero-order chi connectivity index (χ0) is 22.9. The van der Waals surface area contributed by atoms with Crippen LogP contribution in [0.15, 0.2) is 53.8 Å². The number of hydrogen-bond donors (Lipinski definition) is 2. The van der Waals surface area contributed by atoms with Crippen LogP contribution in [0.2, 0.25) is 0 Å². The molecule has 0 spiro atoms. The third-order valence-electron chi connectivity index (χ3n) is 5.67. The molecule has 11 heteroatoms. The number of nitrogens with one attached hydrogen (secondary N) is 2. The van der Waals surface area contributed by atoms with E-state index in [9.17, 15) is 14.0 Å². The van der Waals surface area contributed by atoms with Gasteiger partial charge in [-0.15, -0.1) is 11.6 Å². The Morgan fingerprint density at radius 1 is 1.36 bits per heavy atom. The van der Waals surface area contributed by atoms with Crippen molar-refractivity contribution < 1.29 is 9.18 Å². The molecule has 5 rings (SSSR count). The van der Waals surface area contributed by atoms with Crippen molar-refractivity contribution in [1.82, 2.24) is 24.6 Å². The number of aromatic amines is 1. The average Bonchev–Trinajstić information content (AvgIpc) is 3.48. The van der Waals surface area contributed by atoms with Gasteiger partial charge in [0.1, 0.15) is 23.0 Å². The van der Waals surface area contributed by atoms with Crippen LogP contribution in [0.5, 0.6) is 0 Å². The van der Waals surface area contributed by atoms with Gasteiger partial charge < -0.3 is 15.2 Å². The molecule has 0 saturated carbocycles. The van der Waals surface area contributed by atoms with E-state index in [0.717, 1.165) is 12.6 Å². The molecule has 168 valence electrons. The number of hydrogen-bond acceptors (Lipinski definition) is 6. The number of rotatable bonds is 5. The Morgan fingerprint density at radius 2 is 2.24 bits per heavy atom. The number of anilines is 2. The summed E-state index contributed by atoms with van der Waals surface area (Å²) in [5.41, 5.74) is 1.33. The van der Waals surface area contributed by atoms with Gasteiger partial charge in [0, 0.05) is 36.3 Å². The fourth-order valence-electron chi connectivity index (χ4n) is 4.10. The number of fused-ring (bicyclic) bond motifs is 1. The van der Waals surface area contributed by atoms with E-state index < -0.39 is 11.7 Å². The van der Waals surface area contributed by atoms with Gasteiger partial charge in [-0.25, -0.2) is 18.9 Å². The van der Waals surface area contributed by atoms with Gasteiger partial charge >= 0.3 is 0 Å². The third kappa shape index (κ3) is 3.93. The molecular weight excluding hydrogens is 449 g/mol. The third-order valence-corrected chi connectivity index (χ3v) is 5.96. The molecule has 1 aliphatic rings. The van der Waals surface area contributed by atoms with Gasteiger partial charge in [-0.3, -0.25) is 9.59 Å². The monoisotopic (exact) mass is 467 g/mol. The second-order valence-electron chi connectivity index (χ2n) is 7.66. The summed E-state index contributed by atoms with van der Waals surface area (Å²) in [6.07, 6.45) is 7.26. The van der Waals surface area contributed by atoms with Gasteiger partial charge in [-0.1, -0.05) is 6.07 Å². The van der Waals surface area contributed by atoms with E-state index >= 15 is 0 Å². The Bertz CT molecular complexity index is 1400. The molecule has 0 aliphatic carbocycles. The van der Waals surface area contributed by atoms with Crippen LogP contribution in [0.3, 0.4) is 0 Å². The number of H-pyrrole nitrogens is 1. The van der Waals surface area contributed by atoms with Crippen molar-refractivity contribution in [3.8, 4) is 0 Å². The van der Waals surface area contributed by atoms with Crippen LogP contribution in [0.4, 0.5) is 16.0 Å². The number of aromatic nitrogens is 5. The molecule has 2 N–H and O–H groups in total. The Hall–Kier alpha value is -3.79. The van der Waals surface area contributed by atoms with Crippen molar-refractivity contribution in [2.45, 2.75) is 24.8 Å². The maximum absolute atomic E-state index is 13.8. The van der Waals surface area contributed by atoms with E-state index in [2.05, 4.69) is 25.4 Å². The molecule has 1 aliphatic heterocycles. The van der Waals surface area contributed by atoms with Crippen LogP contribution < -0.4 is 15.8 Å². The second-order valence-corrected chi connectivity index (χ2v) is 7.93. The molecule has 4 aromatic rings. The summed E-state index contributed by atoms with van der Waals surface area (Å²) in [5, 5.41) is 6.98. The Kier molecular flexibility index (Phi) is 5.51. The zero-order valence-electron chi connectivity index (χ0n) is 17.3. The lowest BCUT2D eigenvalue weighted by atomic mass is 10.1. The van der Waals surface area contributed by atoms with E-state index in [1.165, 1.54) is 16.8 Å². The molecule has 0 bridgehead atoms. The molecule has 5 heterocycles. The number of halogens is 2. The molecule has 33 heavy (non-hydrogen) atoms. The zero-order valence-corrected chi connectivity index (χ0v) is 18.1. The first-order valence-electron chi connectivity index (χ1n) is 10.4. The van der Waals surface area contributed by atoms with Gasteiger partial charge in [0.2, 0.25) is 0 Å². The van der Waals surface area contributed by atoms with E-state index in [-0.39, 0.29) is 23.0 Å². The number of carbonyl (C=O) groups is 1. The highest BCUT2D eigenvalue weighted by molar-refractivity contribution is 6.17. The van der Waals surface area contributed by atoms with Crippen LogP contribution in [0.1, 0.15) is 40.4 Å². The maximum Gasteiger partial charge on any atom is 0.262 e. The minimum atomic E-state index is -0.500. The highest BCUT2D eigenvalue weighted by Gasteiger charge is 2.30. The van der Waals surface area contributed by atoms with Crippen molar-refractivity contribution in [3.05, 3.63) is 81.9 Å². The normalized spacial score (nSPS) is 15.8. The molecule has 4 aromatic heterocycles. The van der Waals surface area contributed by atoms with Crippen LogP contribution in [-0.4, -0.2) is 37.0 Å². The van der Waals surface area contributed by atoms with Crippen LogP contribution in [0.25, 0.3) is 5.65 Å². The molecule has 0 unspecified atom stereocenters. The van der Waals surface area contributed by atoms with E-state index in [4.69, 9.17) is 11.6 Å². The van der Waals surface area contributed by atoms with E-state index in [0.29, 0.717) is 41.4 Å². The van der Waals surface area contributed by atoms with Crippen molar-refractivity contribution in [2.75, 3.05) is 16.8 Å². The van der Waals surface area contributed by atoms with Crippen molar-refractivity contribution >= 4 is 34.8 Å². The van der Waals surface area contributed by atoms with Crippen molar-refractivity contribution in [3.63, 3.8) is 0 Å². The van der Waals surface area contributed by atoms with Gasteiger partial charge in [-0.2, -0.15) is 5.10 Å². The van der Waals surface area contributed by atoms with Crippen LogP contribution in [-0.2, 0) is 5.88 Å². The molecule has 0 aromatic carbocycles. The van der Waals surface area contributed by atoms with E-state index in [1.807, 2.05) is 4.90 Å². The van der Waals surface area contributed by atoms with Crippen molar-refractivity contribution in [1.29, 1.82) is 0 Å². The number of alkyl halides is 1. The Balaban J connectivity index is 1.48. The average molecular weight is 468 g/mol.